The van der Waals surface area contributed by atoms with Gasteiger partial charge in [-0.1, -0.05) is 24.3 Å². The minimum absolute atomic E-state index is 0.0949. The topological polar surface area (TPSA) is 93.1 Å². The van der Waals surface area contributed by atoms with Crippen molar-refractivity contribution in [1.29, 1.82) is 0 Å². The number of Topliss-reactive ketones (excluding diaryl/α,β-unsaturated/α-hetero) is 1. The number of β-lactam (4-membered cyclic amide) rings is 1. The zero-order chi connectivity index (χ0) is 25.2. The minimum Gasteiger partial charge on any atom is -0.493 e. The Hall–Kier alpha value is -3.85. The summed E-state index contributed by atoms with van der Waals surface area (Å²) < 4.78 is 24.2. The van der Waals surface area contributed by atoms with Crippen LogP contribution in [0.1, 0.15) is 27.5 Å². The largest absolute Gasteiger partial charge is 0.493 e. The van der Waals surface area contributed by atoms with Crippen LogP contribution in [0, 0.1) is 5.82 Å². The SMILES string of the molecule is O=C(O)COc1ccc([C@@H]2[C@@H](SCC(=O)c3ccc4c(c3)OCC4)C(=O)N2c2ccc(F)cc2)cc1. The molecule has 184 valence electrons. The van der Waals surface area contributed by atoms with Gasteiger partial charge < -0.3 is 19.5 Å². The number of anilines is 1. The average molecular weight is 508 g/mol. The van der Waals surface area contributed by atoms with Crippen LogP contribution in [-0.2, 0) is 16.0 Å². The molecule has 1 N–H and O–H groups in total. The van der Waals surface area contributed by atoms with Gasteiger partial charge in [0.05, 0.1) is 18.4 Å². The van der Waals surface area contributed by atoms with E-state index in [0.29, 0.717) is 23.6 Å². The van der Waals surface area contributed by atoms with Gasteiger partial charge in [-0.15, -0.1) is 11.8 Å². The van der Waals surface area contributed by atoms with E-state index >= 15 is 0 Å². The summed E-state index contributed by atoms with van der Waals surface area (Å²) in [5, 5.41) is 8.29. The number of ketones is 1. The van der Waals surface area contributed by atoms with E-state index in [2.05, 4.69) is 0 Å². The van der Waals surface area contributed by atoms with Crippen molar-refractivity contribution in [2.45, 2.75) is 17.7 Å². The quantitative estimate of drug-likeness (QED) is 0.341. The molecule has 0 saturated carbocycles. The Balaban J connectivity index is 1.34. The molecule has 3 aromatic carbocycles. The Kier molecular flexibility index (Phi) is 6.65. The van der Waals surface area contributed by atoms with E-state index in [1.165, 1.54) is 23.9 Å². The van der Waals surface area contributed by atoms with Crippen LogP contribution in [0.4, 0.5) is 10.1 Å². The van der Waals surface area contributed by atoms with Gasteiger partial charge >= 0.3 is 5.97 Å². The van der Waals surface area contributed by atoms with Crippen molar-refractivity contribution in [2.75, 3.05) is 23.9 Å². The van der Waals surface area contributed by atoms with Crippen molar-refractivity contribution in [2.24, 2.45) is 0 Å². The second-order valence-electron chi connectivity index (χ2n) is 8.46. The second kappa shape index (κ2) is 10.0. The summed E-state index contributed by atoms with van der Waals surface area (Å²) in [7, 11) is 0. The molecule has 1 amide bonds. The smallest absolute Gasteiger partial charge is 0.341 e. The summed E-state index contributed by atoms with van der Waals surface area (Å²) in [6.45, 7) is 0.149. The average Bonchev–Trinajstić information content (AvgIpc) is 3.35. The molecular formula is C27H22FNO6S. The number of ether oxygens (including phenoxy) is 2. The fourth-order valence-corrected chi connectivity index (χ4v) is 5.55. The van der Waals surface area contributed by atoms with Gasteiger partial charge in [-0.2, -0.15) is 0 Å². The Labute approximate surface area is 210 Å². The van der Waals surface area contributed by atoms with E-state index in [9.17, 15) is 18.8 Å². The number of carbonyl (C=O) groups is 3. The normalized spacial score (nSPS) is 18.2. The lowest BCUT2D eigenvalue weighted by Gasteiger charge is -2.47. The van der Waals surface area contributed by atoms with E-state index in [0.717, 1.165) is 23.3 Å². The summed E-state index contributed by atoms with van der Waals surface area (Å²) in [6, 6.07) is 17.5. The summed E-state index contributed by atoms with van der Waals surface area (Å²) in [5.74, 6) is -0.520. The summed E-state index contributed by atoms with van der Waals surface area (Å²) in [4.78, 5) is 38.4. The number of hydrogen-bond donors (Lipinski definition) is 1. The highest BCUT2D eigenvalue weighted by molar-refractivity contribution is 8.01. The molecule has 0 aromatic heterocycles. The lowest BCUT2D eigenvalue weighted by Crippen LogP contribution is -2.57. The van der Waals surface area contributed by atoms with Gasteiger partial charge in [0.2, 0.25) is 5.91 Å². The maximum absolute atomic E-state index is 13.5. The number of fused-ring (bicyclic) bond motifs is 1. The van der Waals surface area contributed by atoms with E-state index in [1.807, 2.05) is 6.07 Å². The first-order valence-electron chi connectivity index (χ1n) is 11.3. The molecule has 0 unspecified atom stereocenters. The van der Waals surface area contributed by atoms with Crippen molar-refractivity contribution in [3.8, 4) is 11.5 Å². The molecule has 2 atom stereocenters. The Morgan fingerprint density at radius 2 is 1.83 bits per heavy atom. The molecule has 2 aliphatic rings. The number of halogens is 1. The number of rotatable bonds is 9. The van der Waals surface area contributed by atoms with E-state index in [-0.39, 0.29) is 17.4 Å². The molecule has 9 heteroatoms. The summed E-state index contributed by atoms with van der Waals surface area (Å²) >= 11 is 1.27. The fraction of sp³-hybridized carbons (Fsp3) is 0.222. The minimum atomic E-state index is -1.08. The van der Waals surface area contributed by atoms with Crippen LogP contribution in [0.2, 0.25) is 0 Å². The third kappa shape index (κ3) is 4.79. The Bertz CT molecular complexity index is 1310. The van der Waals surface area contributed by atoms with Crippen molar-refractivity contribution < 1.29 is 33.4 Å². The number of aliphatic carboxylic acids is 1. The third-order valence-corrected chi connectivity index (χ3v) is 7.39. The zero-order valence-corrected chi connectivity index (χ0v) is 19.9. The monoisotopic (exact) mass is 507 g/mol. The maximum Gasteiger partial charge on any atom is 0.341 e. The van der Waals surface area contributed by atoms with Crippen molar-refractivity contribution in [1.82, 2.24) is 0 Å². The molecule has 3 aromatic rings. The van der Waals surface area contributed by atoms with Gasteiger partial charge in [0.15, 0.2) is 12.4 Å². The van der Waals surface area contributed by atoms with Crippen molar-refractivity contribution in [3.63, 3.8) is 0 Å². The fourth-order valence-electron chi connectivity index (χ4n) is 4.33. The molecular weight excluding hydrogens is 485 g/mol. The number of carboxylic acids is 1. The number of carbonyl (C=O) groups excluding carboxylic acids is 2. The van der Waals surface area contributed by atoms with Crippen LogP contribution in [0.15, 0.2) is 66.7 Å². The van der Waals surface area contributed by atoms with E-state index in [4.69, 9.17) is 14.6 Å². The number of benzene rings is 3. The molecule has 2 heterocycles. The lowest BCUT2D eigenvalue weighted by molar-refractivity contribution is -0.139. The highest BCUT2D eigenvalue weighted by Crippen LogP contribution is 2.45. The summed E-state index contributed by atoms with van der Waals surface area (Å²) in [6.07, 6.45) is 0.830. The first kappa shape index (κ1) is 23.9. The van der Waals surface area contributed by atoms with Crippen LogP contribution >= 0.6 is 11.8 Å². The summed E-state index contributed by atoms with van der Waals surface area (Å²) in [5.41, 5.74) is 2.97. The van der Waals surface area contributed by atoms with Gasteiger partial charge in [0, 0.05) is 17.7 Å². The van der Waals surface area contributed by atoms with Gasteiger partial charge in [-0.05, 0) is 53.6 Å². The van der Waals surface area contributed by atoms with Gasteiger partial charge in [-0.3, -0.25) is 9.59 Å². The first-order valence-corrected chi connectivity index (χ1v) is 12.4. The van der Waals surface area contributed by atoms with Crippen LogP contribution in [-0.4, -0.2) is 47.0 Å². The number of amides is 1. The van der Waals surface area contributed by atoms with Gasteiger partial charge in [-0.25, -0.2) is 9.18 Å². The Morgan fingerprint density at radius 1 is 1.08 bits per heavy atom. The standard InChI is InChI=1S/C27H22FNO6S/c28-19-5-7-20(8-6-19)29-25(17-3-9-21(10-4-17)35-14-24(31)32)26(27(29)33)36-15-22(30)18-2-1-16-11-12-34-23(16)13-18/h1-10,13,25-26H,11-12,14-15H2,(H,31,32)/t25-,26-/m1/s1. The van der Waals surface area contributed by atoms with E-state index < -0.39 is 29.7 Å². The predicted octanol–water partition coefficient (Wildman–Crippen LogP) is 4.30. The molecule has 0 radical (unpaired) electrons. The molecule has 1 fully saturated rings. The Morgan fingerprint density at radius 3 is 2.56 bits per heavy atom. The first-order chi connectivity index (χ1) is 17.4. The van der Waals surface area contributed by atoms with Crippen molar-refractivity contribution in [3.05, 3.63) is 89.2 Å². The predicted molar refractivity (Wildman–Crippen MR) is 132 cm³/mol. The number of nitrogens with zero attached hydrogens (tertiary/aromatic N) is 1. The number of hydrogen-bond acceptors (Lipinski definition) is 6. The van der Waals surface area contributed by atoms with Crippen LogP contribution in [0.5, 0.6) is 11.5 Å². The molecule has 5 rings (SSSR count). The zero-order valence-electron chi connectivity index (χ0n) is 19.1. The van der Waals surface area contributed by atoms with Gasteiger partial charge in [0.1, 0.15) is 22.6 Å². The molecule has 1 saturated heterocycles. The van der Waals surface area contributed by atoms with Crippen LogP contribution < -0.4 is 14.4 Å². The second-order valence-corrected chi connectivity index (χ2v) is 9.59. The maximum atomic E-state index is 13.5. The number of carboxylic acid groups (broad SMARTS) is 1. The highest BCUT2D eigenvalue weighted by atomic mass is 32.2. The molecule has 0 aliphatic carbocycles. The molecule has 0 bridgehead atoms. The highest BCUT2D eigenvalue weighted by Gasteiger charge is 2.49. The van der Waals surface area contributed by atoms with Crippen LogP contribution in [0.3, 0.4) is 0 Å². The number of thioether (sulfide) groups is 1. The van der Waals surface area contributed by atoms with Crippen molar-refractivity contribution >= 4 is 35.1 Å². The molecule has 7 nitrogen and oxygen atoms in total. The van der Waals surface area contributed by atoms with Gasteiger partial charge in [0.25, 0.3) is 0 Å². The lowest BCUT2D eigenvalue weighted by atomic mass is 9.92. The molecule has 36 heavy (non-hydrogen) atoms. The third-order valence-electron chi connectivity index (χ3n) is 6.15. The van der Waals surface area contributed by atoms with E-state index in [1.54, 1.807) is 53.4 Å². The molecule has 0 spiro atoms. The molecule has 2 aliphatic heterocycles. The van der Waals surface area contributed by atoms with Crippen LogP contribution in [0.25, 0.3) is 0 Å².